The quantitative estimate of drug-likeness (QED) is 0.387. The first-order valence-corrected chi connectivity index (χ1v) is 12.1. The Bertz CT molecular complexity index is 1250. The van der Waals surface area contributed by atoms with Crippen LogP contribution in [0.3, 0.4) is 0 Å². The fourth-order valence-corrected chi connectivity index (χ4v) is 4.73. The van der Waals surface area contributed by atoms with Crippen LogP contribution in [0.5, 0.6) is 0 Å². The van der Waals surface area contributed by atoms with Crippen LogP contribution in [0.4, 0.5) is 5.13 Å². The van der Waals surface area contributed by atoms with E-state index in [-0.39, 0.29) is 5.91 Å². The number of para-hydroxylation sites is 1. The Morgan fingerprint density at radius 3 is 2.73 bits per heavy atom. The molecule has 3 heterocycles. The Hall–Kier alpha value is -3.36. The van der Waals surface area contributed by atoms with Crippen molar-refractivity contribution in [3.8, 4) is 0 Å². The molecule has 5 rings (SSSR count). The van der Waals surface area contributed by atoms with Gasteiger partial charge >= 0.3 is 0 Å². The molecular formula is C25H26N6OS. The van der Waals surface area contributed by atoms with E-state index >= 15 is 0 Å². The first-order chi connectivity index (χ1) is 16.3. The van der Waals surface area contributed by atoms with E-state index in [1.807, 2.05) is 18.5 Å². The van der Waals surface area contributed by atoms with Crippen LogP contribution in [0.2, 0.25) is 0 Å². The third-order valence-corrected chi connectivity index (χ3v) is 6.64. The van der Waals surface area contributed by atoms with Gasteiger partial charge < -0.3 is 4.57 Å². The lowest BCUT2D eigenvalue weighted by Crippen LogP contribution is -2.29. The fourth-order valence-electron chi connectivity index (χ4n) is 4.29. The molecule has 1 aliphatic rings. The van der Waals surface area contributed by atoms with E-state index in [9.17, 15) is 4.79 Å². The lowest BCUT2D eigenvalue weighted by molar-refractivity contribution is 0.102. The number of nitrogens with zero attached hydrogens (tertiary/aromatic N) is 5. The van der Waals surface area contributed by atoms with Crippen LogP contribution in [0.1, 0.15) is 35.2 Å². The second kappa shape index (κ2) is 10.1. The Morgan fingerprint density at radius 2 is 1.94 bits per heavy atom. The van der Waals surface area contributed by atoms with E-state index in [0.29, 0.717) is 16.2 Å². The first kappa shape index (κ1) is 21.5. The second-order valence-corrected chi connectivity index (χ2v) is 9.00. The number of unbranched alkanes of at least 4 members (excludes halogenated alkanes) is 1. The fraction of sp³-hybridized carbons (Fsp3) is 0.280. The largest absolute Gasteiger partial charge is 0.331 e. The summed E-state index contributed by atoms with van der Waals surface area (Å²) >= 11 is 1.29. The lowest BCUT2D eigenvalue weighted by atomic mass is 9.99. The van der Waals surface area contributed by atoms with E-state index in [4.69, 9.17) is 0 Å². The molecule has 1 amide bonds. The molecule has 8 heteroatoms. The molecule has 0 radical (unpaired) electrons. The van der Waals surface area contributed by atoms with Crippen LogP contribution in [-0.4, -0.2) is 50.2 Å². The van der Waals surface area contributed by atoms with Gasteiger partial charge in [0.05, 0.1) is 17.4 Å². The average molecular weight is 459 g/mol. The van der Waals surface area contributed by atoms with Crippen molar-refractivity contribution < 1.29 is 4.79 Å². The highest BCUT2D eigenvalue weighted by Crippen LogP contribution is 2.23. The molecule has 1 aliphatic heterocycles. The van der Waals surface area contributed by atoms with Gasteiger partial charge in [0.15, 0.2) is 0 Å². The normalized spacial score (nSPS) is 14.4. The molecule has 2 aromatic carbocycles. The molecule has 0 atom stereocenters. The maximum absolute atomic E-state index is 12.7. The minimum atomic E-state index is -0.212. The van der Waals surface area contributed by atoms with Crippen molar-refractivity contribution in [1.82, 2.24) is 24.6 Å². The van der Waals surface area contributed by atoms with Gasteiger partial charge in [-0.25, -0.2) is 4.98 Å². The third kappa shape index (κ3) is 5.02. The summed E-state index contributed by atoms with van der Waals surface area (Å²) in [5, 5.41) is 10.9. The van der Waals surface area contributed by atoms with E-state index in [1.54, 1.807) is 11.6 Å². The molecule has 168 valence electrons. The van der Waals surface area contributed by atoms with Crippen molar-refractivity contribution >= 4 is 39.0 Å². The van der Waals surface area contributed by atoms with Crippen LogP contribution in [0.25, 0.3) is 16.6 Å². The van der Waals surface area contributed by atoms with Crippen molar-refractivity contribution in [2.75, 3.05) is 25.0 Å². The van der Waals surface area contributed by atoms with Crippen molar-refractivity contribution in [2.45, 2.75) is 25.8 Å². The molecule has 0 aliphatic carbocycles. The SMILES string of the molecule is O=C(Nc1nncs1)c1cccc2c1ncn2CCCCN1CC=C(c2ccccc2)CC1. The van der Waals surface area contributed by atoms with Gasteiger partial charge in [-0.3, -0.25) is 15.0 Å². The average Bonchev–Trinajstić information content (AvgIpc) is 3.52. The summed E-state index contributed by atoms with van der Waals surface area (Å²) in [6.07, 6.45) is 7.51. The number of aryl methyl sites for hydroxylation is 1. The molecule has 0 saturated carbocycles. The smallest absolute Gasteiger partial charge is 0.259 e. The molecule has 4 aromatic rings. The number of aromatic nitrogens is 4. The molecule has 2 aromatic heterocycles. The van der Waals surface area contributed by atoms with Crippen molar-refractivity contribution in [1.29, 1.82) is 0 Å². The zero-order chi connectivity index (χ0) is 22.5. The number of carbonyl (C=O) groups is 1. The van der Waals surface area contributed by atoms with Crippen molar-refractivity contribution in [3.63, 3.8) is 0 Å². The number of benzene rings is 2. The number of hydrogen-bond donors (Lipinski definition) is 1. The molecule has 0 fully saturated rings. The molecule has 7 nitrogen and oxygen atoms in total. The van der Waals surface area contributed by atoms with Gasteiger partial charge in [-0.15, -0.1) is 10.2 Å². The molecule has 0 saturated heterocycles. The zero-order valence-electron chi connectivity index (χ0n) is 18.4. The Morgan fingerprint density at radius 1 is 1.06 bits per heavy atom. The van der Waals surface area contributed by atoms with Gasteiger partial charge in [0.2, 0.25) is 5.13 Å². The number of amides is 1. The summed E-state index contributed by atoms with van der Waals surface area (Å²) in [6.45, 7) is 4.12. The number of carbonyl (C=O) groups excluding carboxylic acids is 1. The van der Waals surface area contributed by atoms with E-state index in [2.05, 4.69) is 66.4 Å². The monoisotopic (exact) mass is 458 g/mol. The van der Waals surface area contributed by atoms with Crippen LogP contribution in [0.15, 0.2) is 66.4 Å². The number of imidazole rings is 1. The van der Waals surface area contributed by atoms with Gasteiger partial charge in [-0.2, -0.15) is 0 Å². The van der Waals surface area contributed by atoms with Gasteiger partial charge in [-0.05, 0) is 49.1 Å². The standard InChI is InChI=1S/C25H26N6OS/c32-24(28-25-29-27-18-33-25)21-9-6-10-22-23(21)26-17-31(22)14-5-4-13-30-15-11-20(12-16-30)19-7-2-1-3-8-19/h1-3,6-11,17-18H,4-5,12-16H2,(H,28,29,32). The summed E-state index contributed by atoms with van der Waals surface area (Å²) in [4.78, 5) is 19.7. The van der Waals surface area contributed by atoms with Crippen LogP contribution >= 0.6 is 11.3 Å². The van der Waals surface area contributed by atoms with E-state index < -0.39 is 0 Å². The topological polar surface area (TPSA) is 75.9 Å². The minimum Gasteiger partial charge on any atom is -0.331 e. The van der Waals surface area contributed by atoms with Crippen molar-refractivity contribution in [2.24, 2.45) is 0 Å². The number of rotatable bonds is 8. The molecule has 1 N–H and O–H groups in total. The highest BCUT2D eigenvalue weighted by atomic mass is 32.1. The lowest BCUT2D eigenvalue weighted by Gasteiger charge is -2.26. The summed E-state index contributed by atoms with van der Waals surface area (Å²) in [5.41, 5.74) is 6.65. The predicted octanol–water partition coefficient (Wildman–Crippen LogP) is 4.71. The number of anilines is 1. The summed E-state index contributed by atoms with van der Waals surface area (Å²) in [6, 6.07) is 16.4. The predicted molar refractivity (Wildman–Crippen MR) is 132 cm³/mol. The van der Waals surface area contributed by atoms with Gasteiger partial charge in [0.1, 0.15) is 11.0 Å². The van der Waals surface area contributed by atoms with E-state index in [0.717, 1.165) is 51.0 Å². The Labute approximate surface area is 196 Å². The number of nitrogens with one attached hydrogen (secondary N) is 1. The third-order valence-electron chi connectivity index (χ3n) is 6.04. The zero-order valence-corrected chi connectivity index (χ0v) is 19.2. The van der Waals surface area contributed by atoms with Crippen LogP contribution in [-0.2, 0) is 6.54 Å². The summed E-state index contributed by atoms with van der Waals surface area (Å²) < 4.78 is 2.14. The van der Waals surface area contributed by atoms with E-state index in [1.165, 1.54) is 22.5 Å². The van der Waals surface area contributed by atoms with Gasteiger partial charge in [-0.1, -0.05) is 53.8 Å². The Kier molecular flexibility index (Phi) is 6.55. The summed E-state index contributed by atoms with van der Waals surface area (Å²) in [5.74, 6) is -0.212. The molecule has 0 unspecified atom stereocenters. The first-order valence-electron chi connectivity index (χ1n) is 11.3. The number of hydrogen-bond acceptors (Lipinski definition) is 6. The highest BCUT2D eigenvalue weighted by Gasteiger charge is 2.15. The van der Waals surface area contributed by atoms with Crippen molar-refractivity contribution in [3.05, 3.63) is 77.6 Å². The van der Waals surface area contributed by atoms with Gasteiger partial charge in [0.25, 0.3) is 5.91 Å². The molecule has 0 bridgehead atoms. The molecule has 33 heavy (non-hydrogen) atoms. The molecular weight excluding hydrogens is 432 g/mol. The maximum atomic E-state index is 12.7. The van der Waals surface area contributed by atoms with Crippen LogP contribution < -0.4 is 5.32 Å². The second-order valence-electron chi connectivity index (χ2n) is 8.16. The van der Waals surface area contributed by atoms with Crippen LogP contribution in [0, 0.1) is 0 Å². The highest BCUT2D eigenvalue weighted by molar-refractivity contribution is 7.13. The number of fused-ring (bicyclic) bond motifs is 1. The maximum Gasteiger partial charge on any atom is 0.259 e. The van der Waals surface area contributed by atoms with Gasteiger partial charge in [0, 0.05) is 19.6 Å². The Balaban J connectivity index is 1.14. The minimum absolute atomic E-state index is 0.212. The molecule has 0 spiro atoms. The summed E-state index contributed by atoms with van der Waals surface area (Å²) in [7, 11) is 0.